The summed E-state index contributed by atoms with van der Waals surface area (Å²) in [6.45, 7) is 19.8. The number of aromatic nitrogens is 5. The van der Waals surface area contributed by atoms with Crippen LogP contribution in [0.5, 0.6) is 0 Å². The molecule has 1 saturated heterocycles. The fourth-order valence-electron chi connectivity index (χ4n) is 8.29. The van der Waals surface area contributed by atoms with Gasteiger partial charge in [-0.15, -0.1) is 6.58 Å². The van der Waals surface area contributed by atoms with E-state index in [1.807, 2.05) is 63.2 Å². The van der Waals surface area contributed by atoms with E-state index < -0.39 is 17.3 Å². The Morgan fingerprint density at radius 3 is 2.45 bits per heavy atom. The van der Waals surface area contributed by atoms with E-state index in [9.17, 15) is 19.5 Å². The van der Waals surface area contributed by atoms with Crippen molar-refractivity contribution in [1.29, 1.82) is 0 Å². The maximum Gasteiger partial charge on any atom is 0.414 e. The van der Waals surface area contributed by atoms with E-state index in [2.05, 4.69) is 43.8 Å². The lowest BCUT2D eigenvalue weighted by Crippen LogP contribution is -2.47. The van der Waals surface area contributed by atoms with Crippen LogP contribution in [0.4, 0.5) is 27.8 Å². The molecule has 344 valence electrons. The molecule has 5 heterocycles. The van der Waals surface area contributed by atoms with Crippen molar-refractivity contribution >= 4 is 67.8 Å². The van der Waals surface area contributed by atoms with Crippen LogP contribution in [-0.2, 0) is 32.8 Å². The number of nitrogens with one attached hydrogen (secondary N) is 1. The third-order valence-corrected chi connectivity index (χ3v) is 11.5. The minimum atomic E-state index is -1.18. The third-order valence-electron chi connectivity index (χ3n) is 11.5. The standard InChI is InChI=1S/C50H57N9O7/c1-8-22-58-46(61)39-31-51-47(54-45(39)59(58)42-13-10-12-41(53-42)50(6,7)63)52-35-15-17-36(18-16-35)56-27-25-55(26-28-56)23-11-24-57(48(62)66-49(3,4)5)37-19-20-38-33(29-37)14-21-40-44(38)34(32-65-40)30-43(60)64-9-2/h8,10,12-21,29,31-32,63H,1,9,11,22-28,30H2,2-7H3,(H,51,52,54). The number of anilines is 4. The zero-order valence-corrected chi connectivity index (χ0v) is 38.4. The van der Waals surface area contributed by atoms with Gasteiger partial charge >= 0.3 is 12.1 Å². The van der Waals surface area contributed by atoms with Gasteiger partial charge in [0.05, 0.1) is 31.5 Å². The Morgan fingerprint density at radius 2 is 1.74 bits per heavy atom. The molecule has 4 aromatic heterocycles. The molecule has 0 radical (unpaired) electrons. The van der Waals surface area contributed by atoms with Crippen molar-refractivity contribution in [1.82, 2.24) is 29.2 Å². The van der Waals surface area contributed by atoms with Crippen molar-refractivity contribution in [2.24, 2.45) is 0 Å². The first kappa shape index (κ1) is 45.5. The van der Waals surface area contributed by atoms with Gasteiger partial charge in [0, 0.05) is 66.9 Å². The average Bonchev–Trinajstić information content (AvgIpc) is 3.81. The van der Waals surface area contributed by atoms with Crippen LogP contribution >= 0.6 is 0 Å². The molecule has 16 nitrogen and oxygen atoms in total. The van der Waals surface area contributed by atoms with Crippen molar-refractivity contribution in [2.75, 3.05) is 61.0 Å². The van der Waals surface area contributed by atoms with E-state index in [1.165, 1.54) is 10.9 Å². The molecule has 2 N–H and O–H groups in total. The first-order valence-corrected chi connectivity index (χ1v) is 22.3. The minimum Gasteiger partial charge on any atom is -0.466 e. The van der Waals surface area contributed by atoms with Gasteiger partial charge in [-0.05, 0) is 120 Å². The number of furan rings is 1. The molecule has 0 spiro atoms. The number of allylic oxidation sites excluding steroid dienone is 1. The number of benzene rings is 3. The topological polar surface area (TPSA) is 173 Å². The monoisotopic (exact) mass is 895 g/mol. The average molecular weight is 896 g/mol. The van der Waals surface area contributed by atoms with Crippen molar-refractivity contribution in [2.45, 2.75) is 72.1 Å². The molecule has 1 aliphatic heterocycles. The number of rotatable bonds is 15. The normalized spacial score (nSPS) is 13.7. The Hall–Kier alpha value is -7.04. The van der Waals surface area contributed by atoms with Gasteiger partial charge in [-0.2, -0.15) is 4.98 Å². The van der Waals surface area contributed by atoms with E-state index in [-0.39, 0.29) is 24.5 Å². The van der Waals surface area contributed by atoms with Crippen LogP contribution in [0.25, 0.3) is 38.6 Å². The number of amides is 1. The van der Waals surface area contributed by atoms with Gasteiger partial charge in [-0.25, -0.2) is 24.1 Å². The number of ether oxygens (including phenoxy) is 2. The zero-order valence-electron chi connectivity index (χ0n) is 38.4. The number of hydrogen-bond donors (Lipinski definition) is 2. The zero-order chi connectivity index (χ0) is 46.8. The minimum absolute atomic E-state index is 0.111. The molecule has 7 aromatic rings. The number of pyridine rings is 1. The van der Waals surface area contributed by atoms with Gasteiger partial charge in [0.15, 0.2) is 11.5 Å². The SMILES string of the molecule is C=CCn1c(=O)c2cnc(Nc3ccc(N4CCN(CCCN(C(=O)OC(C)(C)C)c5ccc6c(ccc7occ(CC(=O)OCC)c76)c5)CC4)cc3)nc2n1-c1cccc(C(C)(C)O)n1. The van der Waals surface area contributed by atoms with Crippen LogP contribution in [0.1, 0.15) is 59.2 Å². The number of aliphatic hydroxyl groups is 1. The predicted octanol–water partition coefficient (Wildman–Crippen LogP) is 8.09. The van der Waals surface area contributed by atoms with Crippen LogP contribution in [0.2, 0.25) is 0 Å². The highest BCUT2D eigenvalue weighted by atomic mass is 16.6. The molecular formula is C50H57N9O7. The van der Waals surface area contributed by atoms with Crippen molar-refractivity contribution in [3.05, 3.63) is 120 Å². The Labute approximate surface area is 383 Å². The summed E-state index contributed by atoms with van der Waals surface area (Å²) in [5.41, 5.74) is 2.76. The highest BCUT2D eigenvalue weighted by Gasteiger charge is 2.26. The van der Waals surface area contributed by atoms with Gasteiger partial charge in [-0.1, -0.05) is 24.3 Å². The smallest absolute Gasteiger partial charge is 0.414 e. The molecular weight excluding hydrogens is 839 g/mol. The van der Waals surface area contributed by atoms with Crippen LogP contribution in [0.15, 0.2) is 107 Å². The molecule has 0 bridgehead atoms. The molecule has 0 atom stereocenters. The number of hydrogen-bond acceptors (Lipinski definition) is 13. The molecule has 16 heteroatoms. The number of fused-ring (bicyclic) bond motifs is 4. The molecule has 66 heavy (non-hydrogen) atoms. The summed E-state index contributed by atoms with van der Waals surface area (Å²) in [5, 5.41) is 17.0. The summed E-state index contributed by atoms with van der Waals surface area (Å²) in [6.07, 6.45) is 5.21. The lowest BCUT2D eigenvalue weighted by atomic mass is 10.0. The highest BCUT2D eigenvalue weighted by Crippen LogP contribution is 2.34. The second kappa shape index (κ2) is 18.8. The van der Waals surface area contributed by atoms with Crippen LogP contribution in [0.3, 0.4) is 0 Å². The van der Waals surface area contributed by atoms with E-state index in [0.29, 0.717) is 47.2 Å². The quantitative estimate of drug-likeness (QED) is 0.0748. The maximum atomic E-state index is 13.7. The fourth-order valence-corrected chi connectivity index (χ4v) is 8.29. The summed E-state index contributed by atoms with van der Waals surface area (Å²) in [4.78, 5) is 59.9. The number of carbonyl (C=O) groups excluding carboxylic acids is 2. The molecule has 8 rings (SSSR count). The van der Waals surface area contributed by atoms with Crippen molar-refractivity contribution in [3.8, 4) is 5.82 Å². The third kappa shape index (κ3) is 9.94. The molecule has 1 amide bonds. The molecule has 0 saturated carbocycles. The molecule has 0 unspecified atom stereocenters. The first-order valence-electron chi connectivity index (χ1n) is 22.3. The Kier molecular flexibility index (Phi) is 13.0. The van der Waals surface area contributed by atoms with Gasteiger partial charge in [0.25, 0.3) is 5.56 Å². The Morgan fingerprint density at radius 1 is 0.970 bits per heavy atom. The maximum absolute atomic E-state index is 13.7. The molecule has 0 aliphatic carbocycles. The first-order chi connectivity index (χ1) is 31.6. The number of esters is 1. The fraction of sp³-hybridized carbons (Fsp3) is 0.360. The van der Waals surface area contributed by atoms with E-state index >= 15 is 0 Å². The predicted molar refractivity (Wildman–Crippen MR) is 257 cm³/mol. The lowest BCUT2D eigenvalue weighted by Gasteiger charge is -2.36. The summed E-state index contributed by atoms with van der Waals surface area (Å²) < 4.78 is 20.0. The summed E-state index contributed by atoms with van der Waals surface area (Å²) in [6, 6.07) is 23.1. The van der Waals surface area contributed by atoms with Crippen molar-refractivity contribution in [3.63, 3.8) is 0 Å². The summed E-state index contributed by atoms with van der Waals surface area (Å²) >= 11 is 0. The van der Waals surface area contributed by atoms with Gasteiger partial charge in [-0.3, -0.25) is 19.4 Å². The van der Waals surface area contributed by atoms with Gasteiger partial charge in [0.1, 0.15) is 22.2 Å². The van der Waals surface area contributed by atoms with Gasteiger partial charge < -0.3 is 29.2 Å². The number of piperazine rings is 1. The van der Waals surface area contributed by atoms with Crippen LogP contribution in [-0.4, -0.2) is 97.9 Å². The molecule has 1 aliphatic rings. The van der Waals surface area contributed by atoms with E-state index in [0.717, 1.165) is 77.9 Å². The van der Waals surface area contributed by atoms with Crippen molar-refractivity contribution < 1.29 is 28.6 Å². The number of carbonyl (C=O) groups is 2. The van der Waals surface area contributed by atoms with Crippen LogP contribution in [0, 0.1) is 0 Å². The Balaban J connectivity index is 0.905. The number of nitrogens with zero attached hydrogens (tertiary/aromatic N) is 8. The molecule has 1 fully saturated rings. The highest BCUT2D eigenvalue weighted by molar-refractivity contribution is 6.09. The summed E-state index contributed by atoms with van der Waals surface area (Å²) in [5.74, 6) is 0.438. The molecule has 3 aromatic carbocycles. The van der Waals surface area contributed by atoms with E-state index in [1.54, 1.807) is 60.9 Å². The second-order valence-corrected chi connectivity index (χ2v) is 17.9. The van der Waals surface area contributed by atoms with E-state index in [4.69, 9.17) is 18.9 Å². The summed E-state index contributed by atoms with van der Waals surface area (Å²) in [7, 11) is 0. The van der Waals surface area contributed by atoms with Gasteiger partial charge in [0.2, 0.25) is 5.95 Å². The van der Waals surface area contributed by atoms with Crippen LogP contribution < -0.4 is 20.7 Å². The largest absolute Gasteiger partial charge is 0.466 e. The second-order valence-electron chi connectivity index (χ2n) is 17.9. The Bertz CT molecular complexity index is 2950. The lowest BCUT2D eigenvalue weighted by molar-refractivity contribution is -0.142.